The minimum absolute atomic E-state index is 0.0478. The van der Waals surface area contributed by atoms with Crippen LogP contribution in [-0.2, 0) is 4.79 Å². The van der Waals surface area contributed by atoms with Crippen LogP contribution in [0.15, 0.2) is 33.4 Å². The number of aromatic nitrogens is 4. The molecule has 0 fully saturated rings. The van der Waals surface area contributed by atoms with Gasteiger partial charge in [0, 0.05) is 5.56 Å². The summed E-state index contributed by atoms with van der Waals surface area (Å²) in [5.41, 5.74) is 0.522. The molecule has 2 aromatic heterocycles. The highest BCUT2D eigenvalue weighted by Crippen LogP contribution is 2.24. The lowest BCUT2D eigenvalue weighted by Crippen LogP contribution is -2.19. The molecule has 1 aromatic carbocycles. The second-order valence-electron chi connectivity index (χ2n) is 4.64. The molecule has 0 aliphatic heterocycles. The van der Waals surface area contributed by atoms with Gasteiger partial charge in [-0.15, -0.1) is 15.3 Å². The van der Waals surface area contributed by atoms with Crippen LogP contribution >= 0.6 is 23.1 Å². The average Bonchev–Trinajstić information content (AvgIpc) is 2.98. The molecule has 0 spiro atoms. The Bertz CT molecular complexity index is 918. The van der Waals surface area contributed by atoms with E-state index in [2.05, 4.69) is 15.3 Å². The van der Waals surface area contributed by atoms with Gasteiger partial charge in [0.2, 0.25) is 4.96 Å². The van der Waals surface area contributed by atoms with Gasteiger partial charge in [-0.2, -0.15) is 4.52 Å². The van der Waals surface area contributed by atoms with Gasteiger partial charge in [-0.05, 0) is 31.2 Å². The Balaban J connectivity index is 2.00. The van der Waals surface area contributed by atoms with Crippen LogP contribution in [0.1, 0.15) is 6.92 Å². The Hall–Kier alpha value is -2.26. The van der Waals surface area contributed by atoms with Crippen molar-refractivity contribution in [2.24, 2.45) is 0 Å². The third-order valence-corrected chi connectivity index (χ3v) is 5.11. The first kappa shape index (κ1) is 15.6. The number of methoxy groups -OCH3 is 1. The maximum absolute atomic E-state index is 12.5. The van der Waals surface area contributed by atoms with E-state index >= 15 is 0 Å². The predicted molar refractivity (Wildman–Crippen MR) is 88.3 cm³/mol. The lowest BCUT2D eigenvalue weighted by molar-refractivity contribution is -0.114. The standard InChI is InChI=1S/C14H12N4O3S2/c1-8(19)7-22-14-17-18-12(20)11(15-16-13(18)23-14)9-3-5-10(21-2)6-4-9/h3-6H,7H2,1-2H3. The lowest BCUT2D eigenvalue weighted by Gasteiger charge is -2.01. The van der Waals surface area contributed by atoms with Crippen molar-refractivity contribution < 1.29 is 9.53 Å². The van der Waals surface area contributed by atoms with Gasteiger partial charge in [0.25, 0.3) is 0 Å². The van der Waals surface area contributed by atoms with Gasteiger partial charge in [0.15, 0.2) is 10.0 Å². The van der Waals surface area contributed by atoms with Crippen LogP contribution in [0.25, 0.3) is 16.2 Å². The number of ether oxygens (including phenoxy) is 1. The maximum Gasteiger partial charge on any atom is 0.302 e. The Morgan fingerprint density at radius 2 is 2.04 bits per heavy atom. The number of nitrogens with zero attached hydrogens (tertiary/aromatic N) is 4. The quantitative estimate of drug-likeness (QED) is 0.651. The first-order chi connectivity index (χ1) is 11.1. The normalized spacial score (nSPS) is 10.9. The monoisotopic (exact) mass is 348 g/mol. The number of carbonyl (C=O) groups excluding carboxylic acids is 1. The van der Waals surface area contributed by atoms with E-state index in [4.69, 9.17) is 4.74 Å². The molecular formula is C14H12N4O3S2. The molecular weight excluding hydrogens is 336 g/mol. The largest absolute Gasteiger partial charge is 0.497 e. The summed E-state index contributed by atoms with van der Waals surface area (Å²) in [6.45, 7) is 1.51. The van der Waals surface area contributed by atoms with Gasteiger partial charge in [-0.3, -0.25) is 9.59 Å². The molecule has 23 heavy (non-hydrogen) atoms. The van der Waals surface area contributed by atoms with E-state index < -0.39 is 0 Å². The van der Waals surface area contributed by atoms with Gasteiger partial charge < -0.3 is 4.74 Å². The predicted octanol–water partition coefficient (Wildman–Crippen LogP) is 1.90. The van der Waals surface area contributed by atoms with Crippen molar-refractivity contribution >= 4 is 33.8 Å². The number of hydrogen-bond acceptors (Lipinski definition) is 8. The van der Waals surface area contributed by atoms with E-state index in [9.17, 15) is 9.59 Å². The number of Topliss-reactive ketones (excluding diaryl/α,β-unsaturated/α-hetero) is 1. The summed E-state index contributed by atoms with van der Waals surface area (Å²) in [7, 11) is 1.57. The van der Waals surface area contributed by atoms with Crippen molar-refractivity contribution in [3.63, 3.8) is 0 Å². The average molecular weight is 348 g/mol. The summed E-state index contributed by atoms with van der Waals surface area (Å²) >= 11 is 2.52. The zero-order valence-electron chi connectivity index (χ0n) is 12.3. The molecule has 9 heteroatoms. The molecule has 0 amide bonds. The summed E-state index contributed by atoms with van der Waals surface area (Å²) in [5.74, 6) is 1.05. The summed E-state index contributed by atoms with van der Waals surface area (Å²) < 4.78 is 6.93. The molecule has 0 atom stereocenters. The molecule has 7 nitrogen and oxygen atoms in total. The van der Waals surface area contributed by atoms with E-state index in [1.165, 1.54) is 34.5 Å². The lowest BCUT2D eigenvalue weighted by atomic mass is 10.1. The molecule has 0 aliphatic rings. The highest BCUT2D eigenvalue weighted by molar-refractivity contribution is 8.01. The van der Waals surface area contributed by atoms with Gasteiger partial charge in [-0.1, -0.05) is 23.1 Å². The fourth-order valence-corrected chi connectivity index (χ4v) is 3.52. The molecule has 118 valence electrons. The summed E-state index contributed by atoms with van der Waals surface area (Å²) in [6, 6.07) is 6.99. The number of hydrogen-bond donors (Lipinski definition) is 0. The van der Waals surface area contributed by atoms with E-state index in [-0.39, 0.29) is 17.0 Å². The number of rotatable bonds is 5. The number of carbonyl (C=O) groups is 1. The second kappa shape index (κ2) is 6.47. The first-order valence-corrected chi connectivity index (χ1v) is 8.42. The molecule has 3 aromatic rings. The van der Waals surface area contributed by atoms with Crippen molar-refractivity contribution in [2.45, 2.75) is 11.3 Å². The zero-order chi connectivity index (χ0) is 16.4. The minimum atomic E-state index is -0.342. The summed E-state index contributed by atoms with van der Waals surface area (Å²) in [5, 5.41) is 12.3. The molecule has 3 rings (SSSR count). The Kier molecular flexibility index (Phi) is 4.39. The first-order valence-electron chi connectivity index (χ1n) is 6.61. The van der Waals surface area contributed by atoms with Gasteiger partial charge in [0.05, 0.1) is 12.9 Å². The van der Waals surface area contributed by atoms with Crippen LogP contribution in [0, 0.1) is 0 Å². The second-order valence-corrected chi connectivity index (χ2v) is 6.81. The molecule has 0 N–H and O–H groups in total. The van der Waals surface area contributed by atoms with Gasteiger partial charge in [-0.25, -0.2) is 0 Å². The zero-order valence-corrected chi connectivity index (χ0v) is 14.0. The third kappa shape index (κ3) is 3.25. The van der Waals surface area contributed by atoms with Crippen LogP contribution in [-0.4, -0.2) is 38.5 Å². The number of thioether (sulfide) groups is 1. The van der Waals surface area contributed by atoms with Crippen LogP contribution in [0.2, 0.25) is 0 Å². The van der Waals surface area contributed by atoms with E-state index in [1.54, 1.807) is 31.4 Å². The van der Waals surface area contributed by atoms with E-state index in [0.29, 0.717) is 26.4 Å². The van der Waals surface area contributed by atoms with Crippen LogP contribution in [0.3, 0.4) is 0 Å². The summed E-state index contributed by atoms with van der Waals surface area (Å²) in [4.78, 5) is 24.0. The van der Waals surface area contributed by atoms with Crippen molar-refractivity contribution in [3.8, 4) is 17.0 Å². The van der Waals surface area contributed by atoms with Crippen LogP contribution in [0.5, 0.6) is 5.75 Å². The fourth-order valence-electron chi connectivity index (χ4n) is 1.85. The summed E-state index contributed by atoms with van der Waals surface area (Å²) in [6.07, 6.45) is 0. The molecule has 0 bridgehead atoms. The van der Waals surface area contributed by atoms with E-state index in [0.717, 1.165) is 0 Å². The van der Waals surface area contributed by atoms with Crippen molar-refractivity contribution in [1.29, 1.82) is 0 Å². The topological polar surface area (TPSA) is 86.4 Å². The Morgan fingerprint density at radius 1 is 1.30 bits per heavy atom. The molecule has 2 heterocycles. The highest BCUT2D eigenvalue weighted by Gasteiger charge is 2.14. The molecule has 0 radical (unpaired) electrons. The fraction of sp³-hybridized carbons (Fsp3) is 0.214. The van der Waals surface area contributed by atoms with Crippen molar-refractivity contribution in [1.82, 2.24) is 19.8 Å². The number of ketones is 1. The molecule has 0 saturated heterocycles. The Labute approximate surface area is 139 Å². The van der Waals surface area contributed by atoms with Crippen LogP contribution < -0.4 is 10.3 Å². The Morgan fingerprint density at radius 3 is 2.70 bits per heavy atom. The number of fused-ring (bicyclic) bond motifs is 1. The van der Waals surface area contributed by atoms with Crippen molar-refractivity contribution in [2.75, 3.05) is 12.9 Å². The molecule has 0 saturated carbocycles. The van der Waals surface area contributed by atoms with Crippen molar-refractivity contribution in [3.05, 3.63) is 34.6 Å². The third-order valence-electron chi connectivity index (χ3n) is 2.93. The smallest absolute Gasteiger partial charge is 0.302 e. The van der Waals surface area contributed by atoms with Gasteiger partial charge in [0.1, 0.15) is 11.5 Å². The SMILES string of the molecule is COc1ccc(-c2nnc3sc(SCC(C)=O)nn3c2=O)cc1. The highest BCUT2D eigenvalue weighted by atomic mass is 32.2. The van der Waals surface area contributed by atoms with Gasteiger partial charge >= 0.3 is 5.56 Å². The molecule has 0 unspecified atom stereocenters. The van der Waals surface area contributed by atoms with E-state index in [1.807, 2.05) is 0 Å². The minimum Gasteiger partial charge on any atom is -0.497 e. The molecule has 0 aliphatic carbocycles. The maximum atomic E-state index is 12.5. The number of benzene rings is 1. The van der Waals surface area contributed by atoms with Crippen LogP contribution in [0.4, 0.5) is 0 Å².